The molecule has 2 rings (SSSR count). The third kappa shape index (κ3) is 5.51. The van der Waals surface area contributed by atoms with Crippen molar-refractivity contribution in [2.24, 2.45) is 0 Å². The largest absolute Gasteiger partial charge is 0.351 e. The molecule has 106 valence electrons. The first-order valence-electron chi connectivity index (χ1n) is 6.52. The van der Waals surface area contributed by atoms with E-state index in [-0.39, 0.29) is 18.3 Å². The highest BCUT2D eigenvalue weighted by Gasteiger charge is 2.10. The Kier molecular flexibility index (Phi) is 7.42. The highest BCUT2D eigenvalue weighted by Crippen LogP contribution is 2.10. The topological polar surface area (TPSA) is 32.3 Å². The van der Waals surface area contributed by atoms with Crippen molar-refractivity contribution in [3.63, 3.8) is 0 Å². The van der Waals surface area contributed by atoms with Crippen LogP contribution in [-0.4, -0.2) is 37.0 Å². The van der Waals surface area contributed by atoms with Crippen molar-refractivity contribution >= 4 is 34.2 Å². The van der Waals surface area contributed by atoms with Gasteiger partial charge in [-0.2, -0.15) is 0 Å². The first-order valence-corrected chi connectivity index (χ1v) is 7.31. The average Bonchev–Trinajstić information content (AvgIpc) is 2.40. The molecule has 0 aromatic heterocycles. The van der Waals surface area contributed by atoms with Gasteiger partial charge in [-0.05, 0) is 50.2 Å². The number of rotatable bonds is 4. The van der Waals surface area contributed by atoms with Crippen LogP contribution in [0.4, 0.5) is 0 Å². The molecule has 0 radical (unpaired) electrons. The summed E-state index contributed by atoms with van der Waals surface area (Å²) in [6.07, 6.45) is 3.93. The van der Waals surface area contributed by atoms with Crippen molar-refractivity contribution in [1.82, 2.24) is 10.2 Å². The Balaban J connectivity index is 0.00000180. The molecule has 3 nitrogen and oxygen atoms in total. The Morgan fingerprint density at radius 2 is 1.79 bits per heavy atom. The molecule has 5 heteroatoms. The van der Waals surface area contributed by atoms with Crippen LogP contribution >= 0.6 is 28.3 Å². The quantitative estimate of drug-likeness (QED) is 0.908. The molecule has 0 aliphatic carbocycles. The van der Waals surface area contributed by atoms with Gasteiger partial charge >= 0.3 is 0 Å². The van der Waals surface area contributed by atoms with Crippen LogP contribution in [0, 0.1) is 0 Å². The zero-order valence-corrected chi connectivity index (χ0v) is 13.3. The number of amides is 1. The summed E-state index contributed by atoms with van der Waals surface area (Å²) in [5.41, 5.74) is 0.719. The second kappa shape index (κ2) is 8.56. The van der Waals surface area contributed by atoms with E-state index in [1.807, 2.05) is 24.3 Å². The molecule has 1 heterocycles. The van der Waals surface area contributed by atoms with E-state index in [1.54, 1.807) is 0 Å². The lowest BCUT2D eigenvalue weighted by Crippen LogP contribution is -2.37. The third-order valence-electron chi connectivity index (χ3n) is 3.27. The summed E-state index contributed by atoms with van der Waals surface area (Å²) in [4.78, 5) is 14.3. The summed E-state index contributed by atoms with van der Waals surface area (Å²) in [6, 6.07) is 7.44. The molecule has 1 aromatic rings. The van der Waals surface area contributed by atoms with Crippen LogP contribution in [0.1, 0.15) is 29.6 Å². The maximum Gasteiger partial charge on any atom is 0.251 e. The maximum absolute atomic E-state index is 11.9. The fourth-order valence-electron chi connectivity index (χ4n) is 2.21. The average molecular weight is 348 g/mol. The van der Waals surface area contributed by atoms with Crippen LogP contribution in [0.5, 0.6) is 0 Å². The Morgan fingerprint density at radius 3 is 2.42 bits per heavy atom. The number of nitrogens with one attached hydrogen (secondary N) is 1. The molecular weight excluding hydrogens is 328 g/mol. The summed E-state index contributed by atoms with van der Waals surface area (Å²) in [5.74, 6) is 0.0134. The molecule has 0 bridgehead atoms. The van der Waals surface area contributed by atoms with E-state index in [0.29, 0.717) is 0 Å². The molecule has 1 amide bonds. The fraction of sp³-hybridized carbons (Fsp3) is 0.500. The van der Waals surface area contributed by atoms with Crippen LogP contribution in [0.25, 0.3) is 0 Å². The molecule has 19 heavy (non-hydrogen) atoms. The zero-order valence-electron chi connectivity index (χ0n) is 10.9. The number of carbonyl (C=O) groups is 1. The molecule has 1 aromatic carbocycles. The number of likely N-dealkylation sites (tertiary alicyclic amines) is 1. The van der Waals surface area contributed by atoms with Gasteiger partial charge in [0.25, 0.3) is 5.91 Å². The lowest BCUT2D eigenvalue weighted by molar-refractivity contribution is 0.0946. The van der Waals surface area contributed by atoms with Gasteiger partial charge in [0.05, 0.1) is 0 Å². The van der Waals surface area contributed by atoms with Gasteiger partial charge in [0.15, 0.2) is 0 Å². The van der Waals surface area contributed by atoms with Crippen LogP contribution in [0.3, 0.4) is 0 Å². The Hall–Kier alpha value is -0.580. The van der Waals surface area contributed by atoms with Gasteiger partial charge in [-0.15, -0.1) is 12.4 Å². The summed E-state index contributed by atoms with van der Waals surface area (Å²) in [6.45, 7) is 4.04. The number of hydrogen-bond donors (Lipinski definition) is 1. The van der Waals surface area contributed by atoms with Crippen molar-refractivity contribution in [2.45, 2.75) is 19.3 Å². The first kappa shape index (κ1) is 16.5. The number of halogens is 2. The standard InChI is InChI=1S/C14H19BrN2O.ClH/c15-13-6-4-12(5-7-13)14(18)16-8-11-17-9-2-1-3-10-17;/h4-7H,1-3,8-11H2,(H,16,18);1H. The van der Waals surface area contributed by atoms with E-state index >= 15 is 0 Å². The van der Waals surface area contributed by atoms with Crippen molar-refractivity contribution < 1.29 is 4.79 Å². The van der Waals surface area contributed by atoms with Gasteiger partial charge < -0.3 is 10.2 Å². The SMILES string of the molecule is Cl.O=C(NCCN1CCCCC1)c1ccc(Br)cc1. The van der Waals surface area contributed by atoms with Crippen LogP contribution < -0.4 is 5.32 Å². The highest BCUT2D eigenvalue weighted by molar-refractivity contribution is 9.10. The number of carbonyl (C=O) groups excluding carboxylic acids is 1. The highest BCUT2D eigenvalue weighted by atomic mass is 79.9. The predicted molar refractivity (Wildman–Crippen MR) is 84.0 cm³/mol. The number of nitrogens with zero attached hydrogens (tertiary/aromatic N) is 1. The van der Waals surface area contributed by atoms with Crippen molar-refractivity contribution in [1.29, 1.82) is 0 Å². The molecule has 0 spiro atoms. The smallest absolute Gasteiger partial charge is 0.251 e. The number of piperidine rings is 1. The number of benzene rings is 1. The van der Waals surface area contributed by atoms with Gasteiger partial charge in [-0.3, -0.25) is 4.79 Å². The van der Waals surface area contributed by atoms with Gasteiger partial charge in [-0.1, -0.05) is 22.4 Å². The minimum atomic E-state index is 0. The van der Waals surface area contributed by atoms with E-state index in [4.69, 9.17) is 0 Å². The summed E-state index contributed by atoms with van der Waals surface area (Å²) >= 11 is 3.36. The van der Waals surface area contributed by atoms with Gasteiger partial charge in [0, 0.05) is 23.1 Å². The van der Waals surface area contributed by atoms with Gasteiger partial charge in [0.2, 0.25) is 0 Å². The lowest BCUT2D eigenvalue weighted by Gasteiger charge is -2.26. The third-order valence-corrected chi connectivity index (χ3v) is 3.80. The normalized spacial score (nSPS) is 15.6. The second-order valence-electron chi connectivity index (χ2n) is 4.67. The summed E-state index contributed by atoms with van der Waals surface area (Å²) in [5, 5.41) is 2.97. The van der Waals surface area contributed by atoms with E-state index < -0.39 is 0 Å². The van der Waals surface area contributed by atoms with Gasteiger partial charge in [0.1, 0.15) is 0 Å². The van der Waals surface area contributed by atoms with E-state index in [9.17, 15) is 4.79 Å². The summed E-state index contributed by atoms with van der Waals surface area (Å²) in [7, 11) is 0. The van der Waals surface area contributed by atoms with E-state index in [1.165, 1.54) is 32.4 Å². The maximum atomic E-state index is 11.9. The minimum absolute atomic E-state index is 0. The van der Waals surface area contributed by atoms with Crippen molar-refractivity contribution in [3.8, 4) is 0 Å². The van der Waals surface area contributed by atoms with Crippen LogP contribution in [0.2, 0.25) is 0 Å². The van der Waals surface area contributed by atoms with Crippen LogP contribution in [0.15, 0.2) is 28.7 Å². The molecule has 1 N–H and O–H groups in total. The van der Waals surface area contributed by atoms with E-state index in [0.717, 1.165) is 23.1 Å². The molecule has 0 atom stereocenters. The summed E-state index contributed by atoms with van der Waals surface area (Å²) < 4.78 is 0.993. The van der Waals surface area contributed by atoms with Crippen molar-refractivity contribution in [2.75, 3.05) is 26.2 Å². The van der Waals surface area contributed by atoms with Gasteiger partial charge in [-0.25, -0.2) is 0 Å². The molecule has 1 aliphatic rings. The minimum Gasteiger partial charge on any atom is -0.351 e. The second-order valence-corrected chi connectivity index (χ2v) is 5.58. The number of hydrogen-bond acceptors (Lipinski definition) is 2. The fourth-order valence-corrected chi connectivity index (χ4v) is 2.48. The van der Waals surface area contributed by atoms with E-state index in [2.05, 4.69) is 26.1 Å². The molecule has 0 unspecified atom stereocenters. The molecule has 1 aliphatic heterocycles. The molecule has 1 saturated heterocycles. The molecule has 1 fully saturated rings. The van der Waals surface area contributed by atoms with Crippen LogP contribution in [-0.2, 0) is 0 Å². The van der Waals surface area contributed by atoms with Crippen molar-refractivity contribution in [3.05, 3.63) is 34.3 Å². The monoisotopic (exact) mass is 346 g/mol. The zero-order chi connectivity index (χ0) is 12.8. The molecule has 0 saturated carbocycles. The Labute approximate surface area is 129 Å². The Morgan fingerprint density at radius 1 is 1.16 bits per heavy atom. The molecular formula is C14H20BrClN2O. The Bertz CT molecular complexity index is 391. The predicted octanol–water partition coefficient (Wildman–Crippen LogP) is 3.09. The first-order chi connectivity index (χ1) is 8.75. The lowest BCUT2D eigenvalue weighted by atomic mass is 10.1.